The van der Waals surface area contributed by atoms with Crippen molar-refractivity contribution in [2.75, 3.05) is 6.26 Å². The first-order valence-electron chi connectivity index (χ1n) is 8.27. The minimum Gasteiger partial charge on any atom is -0.130 e. The molecule has 0 aromatic heterocycles. The Bertz CT molecular complexity index is 209. The zero-order valence-corrected chi connectivity index (χ0v) is 19.2. The van der Waals surface area contributed by atoms with Gasteiger partial charge >= 0.3 is 0 Å². The van der Waals surface area contributed by atoms with Gasteiger partial charge in [0.2, 0.25) is 0 Å². The van der Waals surface area contributed by atoms with Crippen molar-refractivity contribution < 1.29 is 0 Å². The maximum absolute atomic E-state index is 2.18. The van der Waals surface area contributed by atoms with Crippen LogP contribution < -0.4 is 0 Å². The molecule has 1 aromatic rings. The number of hydrogen-bond donors (Lipinski definition) is 0. The minimum atomic E-state index is 0. The molecule has 1 aromatic carbocycles. The molecule has 2 heteroatoms. The predicted molar refractivity (Wildman–Crippen MR) is 106 cm³/mol. The second-order valence-corrected chi connectivity index (χ2v) is 5.40. The van der Waals surface area contributed by atoms with Crippen LogP contribution in [0.15, 0.2) is 35.2 Å². The predicted octanol–water partition coefficient (Wildman–Crippen LogP) is 7.45. The van der Waals surface area contributed by atoms with E-state index in [1.54, 1.807) is 11.8 Å². The van der Waals surface area contributed by atoms with Gasteiger partial charge in [-0.3, -0.25) is 0 Å². The molecule has 0 heterocycles. The van der Waals surface area contributed by atoms with Gasteiger partial charge in [-0.1, -0.05) is 98.3 Å². The van der Waals surface area contributed by atoms with Crippen molar-refractivity contribution >= 4 is 35.7 Å². The molecule has 21 heavy (non-hydrogen) atoms. The molecule has 0 aliphatic heterocycles. The Hall–Kier alpha value is 0.369. The molecule has 0 fully saturated rings. The zero-order chi connectivity index (χ0) is 16.1. The Labute approximate surface area is 156 Å². The normalized spacial score (nSPS) is 7.76. The molecule has 0 bridgehead atoms. The van der Waals surface area contributed by atoms with Crippen molar-refractivity contribution in [2.45, 2.75) is 85.0 Å². The Balaban J connectivity index is -0.0000000973. The molecule has 124 valence electrons. The van der Waals surface area contributed by atoms with Crippen molar-refractivity contribution in [1.29, 1.82) is 0 Å². The van der Waals surface area contributed by atoms with Gasteiger partial charge in [0.25, 0.3) is 0 Å². The average molecular weight is 417 g/mol. The van der Waals surface area contributed by atoms with Gasteiger partial charge in [0.15, 0.2) is 0 Å². The van der Waals surface area contributed by atoms with Crippen molar-refractivity contribution in [2.24, 2.45) is 0 Å². The summed E-state index contributed by atoms with van der Waals surface area (Å²) in [5, 5.41) is 0. The molecule has 0 saturated carbocycles. The molecular formula is C19H38SSn. The van der Waals surface area contributed by atoms with Crippen LogP contribution in [0.2, 0.25) is 0 Å². The molecule has 0 spiro atoms. The van der Waals surface area contributed by atoms with E-state index in [-0.39, 0.29) is 23.9 Å². The van der Waals surface area contributed by atoms with E-state index in [1.165, 1.54) is 43.4 Å². The van der Waals surface area contributed by atoms with Crippen LogP contribution >= 0.6 is 11.8 Å². The van der Waals surface area contributed by atoms with Crippen molar-refractivity contribution in [3.63, 3.8) is 0 Å². The van der Waals surface area contributed by atoms with Crippen LogP contribution in [0.5, 0.6) is 0 Å². The standard InChI is InChI=1S/C7H8S.3C4H10.Sn/c1-8-7-5-3-2-4-6-7;3*1-3-4-2;/h2-6H,1H3;3*3-4H2,1-2H3;. The van der Waals surface area contributed by atoms with Gasteiger partial charge in [-0.25, -0.2) is 0 Å². The summed E-state index contributed by atoms with van der Waals surface area (Å²) in [5.41, 5.74) is 0. The maximum atomic E-state index is 2.18. The van der Waals surface area contributed by atoms with Crippen LogP contribution in [0, 0.1) is 0 Å². The van der Waals surface area contributed by atoms with Gasteiger partial charge in [0.1, 0.15) is 0 Å². The second-order valence-electron chi connectivity index (χ2n) is 4.52. The van der Waals surface area contributed by atoms with E-state index in [9.17, 15) is 0 Å². The van der Waals surface area contributed by atoms with Crippen LogP contribution in [-0.2, 0) is 0 Å². The van der Waals surface area contributed by atoms with Gasteiger partial charge in [0.05, 0.1) is 0 Å². The zero-order valence-electron chi connectivity index (χ0n) is 15.5. The Morgan fingerprint density at radius 1 is 0.619 bits per heavy atom. The summed E-state index contributed by atoms with van der Waals surface area (Å²) in [6.07, 6.45) is 10.00. The molecule has 1 rings (SSSR count). The van der Waals surface area contributed by atoms with E-state index in [1.807, 2.05) is 18.2 Å². The van der Waals surface area contributed by atoms with Gasteiger partial charge in [-0.05, 0) is 18.4 Å². The Morgan fingerprint density at radius 2 is 0.905 bits per heavy atom. The first-order chi connectivity index (χ1) is 9.67. The number of unbranched alkanes of at least 4 members (excludes halogenated alkanes) is 3. The molecule has 0 saturated heterocycles. The molecule has 0 amide bonds. The van der Waals surface area contributed by atoms with E-state index >= 15 is 0 Å². The monoisotopic (exact) mass is 418 g/mol. The fourth-order valence-electron chi connectivity index (χ4n) is 0.557. The molecule has 0 nitrogen and oxygen atoms in total. The first kappa shape index (κ1) is 29.4. The topological polar surface area (TPSA) is 0 Å². The quantitative estimate of drug-likeness (QED) is 0.362. The molecule has 0 N–H and O–H groups in total. The maximum Gasteiger partial charge on any atom is 0.00691 e. The molecule has 0 unspecified atom stereocenters. The Morgan fingerprint density at radius 3 is 1.05 bits per heavy atom. The van der Waals surface area contributed by atoms with Gasteiger partial charge < -0.3 is 0 Å². The van der Waals surface area contributed by atoms with Crippen molar-refractivity contribution in [3.8, 4) is 0 Å². The largest absolute Gasteiger partial charge is 0.130 e. The third-order valence-electron chi connectivity index (χ3n) is 2.48. The molecule has 0 atom stereocenters. The summed E-state index contributed by atoms with van der Waals surface area (Å²) in [5.74, 6) is 0. The summed E-state index contributed by atoms with van der Waals surface area (Å²) < 4.78 is 0. The minimum absolute atomic E-state index is 0. The van der Waals surface area contributed by atoms with Crippen LogP contribution in [0.25, 0.3) is 0 Å². The summed E-state index contributed by atoms with van der Waals surface area (Å²) in [6, 6.07) is 10.3. The fraction of sp³-hybridized carbons (Fsp3) is 0.684. The van der Waals surface area contributed by atoms with E-state index in [4.69, 9.17) is 0 Å². The van der Waals surface area contributed by atoms with Crippen molar-refractivity contribution in [3.05, 3.63) is 30.3 Å². The van der Waals surface area contributed by atoms with E-state index in [0.29, 0.717) is 0 Å². The van der Waals surface area contributed by atoms with Gasteiger partial charge in [0, 0.05) is 28.8 Å². The summed E-state index contributed by atoms with van der Waals surface area (Å²) >= 11 is 1.77. The smallest absolute Gasteiger partial charge is 0.00691 e. The molecule has 0 aliphatic carbocycles. The molecule has 4 radical (unpaired) electrons. The number of hydrogen-bond acceptors (Lipinski definition) is 1. The summed E-state index contributed by atoms with van der Waals surface area (Å²) in [6.45, 7) is 13.1. The average Bonchev–Trinajstić information content (AvgIpc) is 2.56. The van der Waals surface area contributed by atoms with Crippen LogP contribution in [-0.4, -0.2) is 30.2 Å². The third-order valence-corrected chi connectivity index (χ3v) is 3.22. The van der Waals surface area contributed by atoms with E-state index < -0.39 is 0 Å². The number of benzene rings is 1. The molecular weight excluding hydrogens is 379 g/mol. The van der Waals surface area contributed by atoms with Gasteiger partial charge in [-0.2, -0.15) is 0 Å². The Kier molecular flexibility index (Phi) is 45.3. The third kappa shape index (κ3) is 38.5. The molecule has 0 aliphatic rings. The van der Waals surface area contributed by atoms with Crippen LogP contribution in [0.4, 0.5) is 0 Å². The van der Waals surface area contributed by atoms with Crippen LogP contribution in [0.1, 0.15) is 80.1 Å². The summed E-state index contributed by atoms with van der Waals surface area (Å²) in [4.78, 5) is 1.33. The fourth-order valence-corrected chi connectivity index (χ4v) is 0.986. The summed E-state index contributed by atoms with van der Waals surface area (Å²) in [7, 11) is 0. The number of thioether (sulfide) groups is 1. The van der Waals surface area contributed by atoms with Gasteiger partial charge in [-0.15, -0.1) is 11.8 Å². The van der Waals surface area contributed by atoms with E-state index in [2.05, 4.69) is 59.9 Å². The second kappa shape index (κ2) is 32.4. The van der Waals surface area contributed by atoms with Crippen molar-refractivity contribution in [1.82, 2.24) is 0 Å². The van der Waals surface area contributed by atoms with E-state index in [0.717, 1.165) is 0 Å². The first-order valence-corrected chi connectivity index (χ1v) is 9.49. The SMILES string of the molecule is CCCC.CCCC.CCCC.CSc1ccccc1.[Sn]. The number of rotatable bonds is 4. The van der Waals surface area contributed by atoms with Crippen LogP contribution in [0.3, 0.4) is 0 Å².